The molecule has 1 saturated carbocycles. The van der Waals surface area contributed by atoms with Crippen LogP contribution in [0.1, 0.15) is 126 Å². The van der Waals surface area contributed by atoms with Crippen LogP contribution in [-0.2, 0) is 20.6 Å². The van der Waals surface area contributed by atoms with Gasteiger partial charge in [-0.2, -0.15) is 0 Å². The summed E-state index contributed by atoms with van der Waals surface area (Å²) in [6, 6.07) is 12.0. The maximum absolute atomic E-state index is 13.3. The number of carbonyl (C=O) groups excluding carboxylic acids is 3. The van der Waals surface area contributed by atoms with Crippen LogP contribution in [0.3, 0.4) is 0 Å². The Balaban J connectivity index is 1.52. The SMILES string of the molecule is Cc1cc(C2CC2)c(C[C@@H]2CCN(C(=O)OC(C)(C)C)C[C@H]2c2ccc(C(=O)OC(C)(C)C)cc2)c2ccn(C(=O)OC(C)(C)C)c12. The number of piperidine rings is 1. The average Bonchev–Trinajstić information content (AvgIpc) is 3.68. The minimum Gasteiger partial charge on any atom is -0.456 e. The number of fused-ring (bicyclic) bond motifs is 1. The van der Waals surface area contributed by atoms with Gasteiger partial charge in [-0.3, -0.25) is 4.57 Å². The second-order valence-corrected chi connectivity index (χ2v) is 16.4. The molecule has 0 unspecified atom stereocenters. The Morgan fingerprint density at radius 1 is 0.787 bits per heavy atom. The summed E-state index contributed by atoms with van der Waals surface area (Å²) in [4.78, 5) is 41.1. The summed E-state index contributed by atoms with van der Waals surface area (Å²) >= 11 is 0. The fraction of sp³-hybridized carbons (Fsp3) is 0.564. The summed E-state index contributed by atoms with van der Waals surface area (Å²) in [7, 11) is 0. The van der Waals surface area contributed by atoms with Gasteiger partial charge in [0.1, 0.15) is 16.8 Å². The van der Waals surface area contributed by atoms with Crippen molar-refractivity contribution < 1.29 is 28.6 Å². The monoisotopic (exact) mass is 644 g/mol. The quantitative estimate of drug-likeness (QED) is 0.203. The maximum Gasteiger partial charge on any atom is 0.418 e. The molecule has 1 saturated heterocycles. The van der Waals surface area contributed by atoms with Gasteiger partial charge >= 0.3 is 18.2 Å². The Kier molecular flexibility index (Phi) is 9.30. The number of rotatable bonds is 5. The number of likely N-dealkylation sites (tertiary alicyclic amines) is 1. The molecule has 47 heavy (non-hydrogen) atoms. The molecular weight excluding hydrogens is 592 g/mol. The van der Waals surface area contributed by atoms with Gasteiger partial charge < -0.3 is 19.1 Å². The Bertz CT molecular complexity index is 1640. The van der Waals surface area contributed by atoms with Gasteiger partial charge in [0.15, 0.2) is 0 Å². The topological polar surface area (TPSA) is 87.1 Å². The van der Waals surface area contributed by atoms with Crippen LogP contribution in [-0.4, -0.2) is 57.5 Å². The molecule has 3 aromatic rings. The molecule has 0 spiro atoms. The van der Waals surface area contributed by atoms with Gasteiger partial charge in [0.25, 0.3) is 0 Å². The lowest BCUT2D eigenvalue weighted by molar-refractivity contribution is 0.00684. The van der Waals surface area contributed by atoms with Crippen molar-refractivity contribution in [1.82, 2.24) is 9.47 Å². The number of carbonyl (C=O) groups is 3. The molecule has 2 aromatic carbocycles. The molecule has 2 aliphatic rings. The number of hydrogen-bond donors (Lipinski definition) is 0. The van der Waals surface area contributed by atoms with E-state index in [-0.39, 0.29) is 30.0 Å². The van der Waals surface area contributed by atoms with E-state index in [0.29, 0.717) is 24.6 Å². The highest BCUT2D eigenvalue weighted by Gasteiger charge is 2.37. The number of amides is 1. The molecule has 1 amide bonds. The van der Waals surface area contributed by atoms with Crippen LogP contribution >= 0.6 is 0 Å². The van der Waals surface area contributed by atoms with E-state index in [9.17, 15) is 14.4 Å². The maximum atomic E-state index is 13.3. The standard InChI is InChI=1S/C39H52N2O6/c1-24-21-30(25-11-12-25)31(29-18-20-41(33(24)29)36(44)47-39(8,9)10)22-28-17-19-40(35(43)46-38(5,6)7)23-32(28)26-13-15-27(16-14-26)34(42)45-37(2,3)4/h13-16,18,20-21,25,28,32H,11-12,17,19,22-23H2,1-10H3/t28-,32-/m0/s1. The first kappa shape index (κ1) is 34.5. The van der Waals surface area contributed by atoms with Crippen LogP contribution in [0.4, 0.5) is 9.59 Å². The van der Waals surface area contributed by atoms with Crippen molar-refractivity contribution >= 4 is 29.1 Å². The minimum absolute atomic E-state index is 0.0142. The largest absolute Gasteiger partial charge is 0.456 e. The minimum atomic E-state index is -0.604. The Labute approximate surface area is 279 Å². The highest BCUT2D eigenvalue weighted by Crippen LogP contribution is 2.46. The zero-order chi connectivity index (χ0) is 34.5. The normalized spacial score (nSPS) is 19.1. The molecule has 254 valence electrons. The molecule has 1 aliphatic carbocycles. The Morgan fingerprint density at radius 2 is 1.38 bits per heavy atom. The van der Waals surface area contributed by atoms with E-state index in [1.807, 2.05) is 97.7 Å². The van der Waals surface area contributed by atoms with E-state index < -0.39 is 16.8 Å². The van der Waals surface area contributed by atoms with Crippen molar-refractivity contribution in [3.8, 4) is 0 Å². The van der Waals surface area contributed by atoms with Crippen molar-refractivity contribution in [3.63, 3.8) is 0 Å². The van der Waals surface area contributed by atoms with Crippen molar-refractivity contribution in [3.05, 3.63) is 70.4 Å². The lowest BCUT2D eigenvalue weighted by Crippen LogP contribution is -2.45. The van der Waals surface area contributed by atoms with Crippen molar-refractivity contribution in [2.75, 3.05) is 13.1 Å². The second-order valence-electron chi connectivity index (χ2n) is 16.4. The lowest BCUT2D eigenvalue weighted by atomic mass is 9.76. The van der Waals surface area contributed by atoms with Gasteiger partial charge in [-0.25, -0.2) is 14.4 Å². The van der Waals surface area contributed by atoms with E-state index >= 15 is 0 Å². The predicted molar refractivity (Wildman–Crippen MR) is 184 cm³/mol. The van der Waals surface area contributed by atoms with Gasteiger partial charge in [0.2, 0.25) is 0 Å². The fourth-order valence-corrected chi connectivity index (χ4v) is 6.65. The van der Waals surface area contributed by atoms with Crippen molar-refractivity contribution in [2.24, 2.45) is 5.92 Å². The van der Waals surface area contributed by atoms with E-state index in [1.54, 1.807) is 4.57 Å². The summed E-state index contributed by atoms with van der Waals surface area (Å²) in [6.45, 7) is 20.0. The molecule has 2 heterocycles. The summed E-state index contributed by atoms with van der Waals surface area (Å²) in [5, 5.41) is 1.09. The van der Waals surface area contributed by atoms with Crippen molar-refractivity contribution in [1.29, 1.82) is 0 Å². The zero-order valence-electron chi connectivity index (χ0n) is 29.9. The molecule has 1 aromatic heterocycles. The van der Waals surface area contributed by atoms with Gasteiger partial charge in [-0.1, -0.05) is 18.2 Å². The van der Waals surface area contributed by atoms with Crippen LogP contribution in [0.2, 0.25) is 0 Å². The second kappa shape index (κ2) is 12.7. The van der Waals surface area contributed by atoms with Gasteiger partial charge in [-0.05, 0) is 147 Å². The third-order valence-electron chi connectivity index (χ3n) is 8.76. The summed E-state index contributed by atoms with van der Waals surface area (Å²) in [5.74, 6) is 0.395. The van der Waals surface area contributed by atoms with E-state index in [2.05, 4.69) is 19.1 Å². The highest BCUT2D eigenvalue weighted by atomic mass is 16.6. The summed E-state index contributed by atoms with van der Waals surface area (Å²) < 4.78 is 18.8. The highest BCUT2D eigenvalue weighted by molar-refractivity contribution is 5.94. The van der Waals surface area contributed by atoms with Crippen LogP contribution in [0.15, 0.2) is 42.6 Å². The first-order valence-corrected chi connectivity index (χ1v) is 17.0. The number of hydrogen-bond acceptors (Lipinski definition) is 6. The molecular formula is C39H52N2O6. The number of aryl methyl sites for hydroxylation is 1. The smallest absolute Gasteiger partial charge is 0.418 e. The van der Waals surface area contributed by atoms with Crippen LogP contribution in [0.5, 0.6) is 0 Å². The van der Waals surface area contributed by atoms with Crippen LogP contribution in [0.25, 0.3) is 10.9 Å². The molecule has 2 atom stereocenters. The summed E-state index contributed by atoms with van der Waals surface area (Å²) in [5.41, 5.74) is 4.39. The van der Waals surface area contributed by atoms with Gasteiger partial charge in [0.05, 0.1) is 11.1 Å². The van der Waals surface area contributed by atoms with E-state index in [1.165, 1.54) is 11.1 Å². The third-order valence-corrected chi connectivity index (χ3v) is 8.76. The lowest BCUT2D eigenvalue weighted by Gasteiger charge is -2.40. The Morgan fingerprint density at radius 3 is 1.96 bits per heavy atom. The zero-order valence-corrected chi connectivity index (χ0v) is 29.9. The van der Waals surface area contributed by atoms with E-state index in [0.717, 1.165) is 47.7 Å². The molecule has 1 aliphatic heterocycles. The van der Waals surface area contributed by atoms with Crippen LogP contribution < -0.4 is 0 Å². The number of nitrogens with zero attached hydrogens (tertiary/aromatic N) is 2. The van der Waals surface area contributed by atoms with Crippen molar-refractivity contribution in [2.45, 2.75) is 124 Å². The summed E-state index contributed by atoms with van der Waals surface area (Å²) in [6.07, 6.45) is 5.08. The van der Waals surface area contributed by atoms with Gasteiger partial charge in [0, 0.05) is 30.6 Å². The fourth-order valence-electron chi connectivity index (χ4n) is 6.65. The first-order valence-electron chi connectivity index (χ1n) is 17.0. The third kappa shape index (κ3) is 8.38. The predicted octanol–water partition coefficient (Wildman–Crippen LogP) is 9.15. The molecule has 8 nitrogen and oxygen atoms in total. The molecule has 8 heteroatoms. The molecule has 0 N–H and O–H groups in total. The molecule has 5 rings (SSSR count). The molecule has 0 bridgehead atoms. The number of ether oxygens (including phenoxy) is 3. The molecule has 0 radical (unpaired) electrons. The number of benzene rings is 2. The average molecular weight is 645 g/mol. The first-order chi connectivity index (χ1) is 21.8. The Hall–Kier alpha value is -3.81. The number of esters is 1. The molecule has 2 fully saturated rings. The van der Waals surface area contributed by atoms with Crippen LogP contribution in [0, 0.1) is 12.8 Å². The van der Waals surface area contributed by atoms with E-state index in [4.69, 9.17) is 14.2 Å². The van der Waals surface area contributed by atoms with Gasteiger partial charge in [-0.15, -0.1) is 0 Å². The number of aromatic nitrogens is 1.